The Labute approximate surface area is 177 Å². The number of halogens is 1. The van der Waals surface area contributed by atoms with Crippen molar-refractivity contribution in [2.45, 2.75) is 31.8 Å². The van der Waals surface area contributed by atoms with Gasteiger partial charge < -0.3 is 14.2 Å². The predicted molar refractivity (Wildman–Crippen MR) is 118 cm³/mol. The van der Waals surface area contributed by atoms with E-state index in [-0.39, 0.29) is 5.82 Å². The van der Waals surface area contributed by atoms with Gasteiger partial charge in [0.2, 0.25) is 0 Å². The van der Waals surface area contributed by atoms with Gasteiger partial charge in [0.15, 0.2) is 0 Å². The SMILES string of the molecule is COCCN(C)c1ccc(Cn2c3c(c4cc(F)ccc42)CN2CCC3CC2)cn1. The molecule has 6 rings (SSSR count). The molecule has 0 radical (unpaired) electrons. The van der Waals surface area contributed by atoms with Crippen LogP contribution in [0.15, 0.2) is 36.5 Å². The molecular formula is C24H29FN4O. The molecule has 3 aromatic rings. The number of hydrogen-bond acceptors (Lipinski definition) is 4. The number of pyridine rings is 1. The van der Waals surface area contributed by atoms with E-state index < -0.39 is 0 Å². The third-order valence-electron chi connectivity index (χ3n) is 6.70. The van der Waals surface area contributed by atoms with Crippen molar-refractivity contribution >= 4 is 16.7 Å². The number of methoxy groups -OCH3 is 1. The largest absolute Gasteiger partial charge is 0.383 e. The van der Waals surface area contributed by atoms with Gasteiger partial charge in [-0.25, -0.2) is 9.37 Å². The first-order chi connectivity index (χ1) is 14.6. The zero-order valence-corrected chi connectivity index (χ0v) is 17.8. The van der Waals surface area contributed by atoms with Crippen LogP contribution in [0.3, 0.4) is 0 Å². The predicted octanol–water partition coefficient (Wildman–Crippen LogP) is 4.00. The molecule has 2 bridgehead atoms. The quantitative estimate of drug-likeness (QED) is 0.617. The van der Waals surface area contributed by atoms with E-state index in [0.717, 1.165) is 49.4 Å². The maximum absolute atomic E-state index is 14.1. The average Bonchev–Trinajstić information content (AvgIpc) is 2.90. The van der Waals surface area contributed by atoms with Crippen LogP contribution < -0.4 is 4.90 Å². The third kappa shape index (κ3) is 3.48. The number of benzene rings is 1. The van der Waals surface area contributed by atoms with Gasteiger partial charge in [-0.05, 0) is 61.3 Å². The molecule has 3 aliphatic heterocycles. The molecule has 6 heteroatoms. The molecule has 0 spiro atoms. The van der Waals surface area contributed by atoms with Gasteiger partial charge in [-0.15, -0.1) is 0 Å². The molecule has 3 aliphatic rings. The Morgan fingerprint density at radius 2 is 2.03 bits per heavy atom. The van der Waals surface area contributed by atoms with E-state index in [9.17, 15) is 4.39 Å². The molecule has 5 nitrogen and oxygen atoms in total. The summed E-state index contributed by atoms with van der Waals surface area (Å²) in [6, 6.07) is 9.49. The van der Waals surface area contributed by atoms with Crippen LogP contribution in [0.5, 0.6) is 0 Å². The van der Waals surface area contributed by atoms with Crippen LogP contribution in [0, 0.1) is 5.82 Å². The van der Waals surface area contributed by atoms with Crippen molar-refractivity contribution in [1.29, 1.82) is 0 Å². The number of fused-ring (bicyclic) bond motifs is 3. The van der Waals surface area contributed by atoms with Crippen LogP contribution in [0.25, 0.3) is 10.9 Å². The first kappa shape index (κ1) is 19.5. The minimum absolute atomic E-state index is 0.154. The second-order valence-electron chi connectivity index (χ2n) is 8.60. The summed E-state index contributed by atoms with van der Waals surface area (Å²) in [5.74, 6) is 1.35. The fourth-order valence-electron chi connectivity index (χ4n) is 5.07. The lowest BCUT2D eigenvalue weighted by Crippen LogP contribution is -2.29. The molecule has 30 heavy (non-hydrogen) atoms. The fourth-order valence-corrected chi connectivity index (χ4v) is 5.07. The molecule has 1 aromatic carbocycles. The number of nitrogens with zero attached hydrogens (tertiary/aromatic N) is 4. The van der Waals surface area contributed by atoms with Gasteiger partial charge in [0, 0.05) is 62.5 Å². The number of rotatable bonds is 6. The fraction of sp³-hybridized carbons (Fsp3) is 0.458. The number of hydrogen-bond donors (Lipinski definition) is 0. The average molecular weight is 409 g/mol. The van der Waals surface area contributed by atoms with Crippen LogP contribution >= 0.6 is 0 Å². The minimum Gasteiger partial charge on any atom is -0.383 e. The highest BCUT2D eigenvalue weighted by atomic mass is 19.1. The second kappa shape index (κ2) is 8.00. The second-order valence-corrected chi connectivity index (χ2v) is 8.60. The van der Waals surface area contributed by atoms with Gasteiger partial charge in [0.25, 0.3) is 0 Å². The Bertz CT molecular complexity index is 1040. The third-order valence-corrected chi connectivity index (χ3v) is 6.70. The smallest absolute Gasteiger partial charge is 0.128 e. The summed E-state index contributed by atoms with van der Waals surface area (Å²) in [6.45, 7) is 5.46. The first-order valence-electron chi connectivity index (χ1n) is 10.8. The molecule has 0 aliphatic carbocycles. The Morgan fingerprint density at radius 1 is 1.20 bits per heavy atom. The van der Waals surface area contributed by atoms with Gasteiger partial charge in [-0.2, -0.15) is 0 Å². The van der Waals surface area contributed by atoms with Crippen molar-refractivity contribution in [1.82, 2.24) is 14.5 Å². The molecule has 1 saturated heterocycles. The summed E-state index contributed by atoms with van der Waals surface area (Å²) in [5, 5.41) is 1.08. The summed E-state index contributed by atoms with van der Waals surface area (Å²) >= 11 is 0. The highest BCUT2D eigenvalue weighted by Crippen LogP contribution is 2.41. The summed E-state index contributed by atoms with van der Waals surface area (Å²) in [7, 11) is 3.74. The summed E-state index contributed by atoms with van der Waals surface area (Å²) in [6.07, 6.45) is 4.35. The highest BCUT2D eigenvalue weighted by Gasteiger charge is 2.32. The van der Waals surface area contributed by atoms with Crippen molar-refractivity contribution in [2.24, 2.45) is 0 Å². The maximum atomic E-state index is 14.1. The lowest BCUT2D eigenvalue weighted by atomic mass is 9.94. The molecule has 0 atom stereocenters. The zero-order valence-electron chi connectivity index (χ0n) is 17.8. The Hall–Kier alpha value is -2.44. The van der Waals surface area contributed by atoms with Crippen molar-refractivity contribution in [3.05, 3.63) is 59.2 Å². The van der Waals surface area contributed by atoms with Crippen LogP contribution in [-0.4, -0.2) is 54.8 Å². The van der Waals surface area contributed by atoms with E-state index >= 15 is 0 Å². The van der Waals surface area contributed by atoms with Crippen LogP contribution in [0.2, 0.25) is 0 Å². The van der Waals surface area contributed by atoms with E-state index in [2.05, 4.69) is 31.5 Å². The topological polar surface area (TPSA) is 33.5 Å². The van der Waals surface area contributed by atoms with Crippen molar-refractivity contribution in [3.63, 3.8) is 0 Å². The van der Waals surface area contributed by atoms with Gasteiger partial charge in [-0.1, -0.05) is 6.07 Å². The molecular weight excluding hydrogens is 379 g/mol. The molecule has 5 heterocycles. The van der Waals surface area contributed by atoms with Crippen molar-refractivity contribution in [2.75, 3.05) is 45.3 Å². The molecule has 0 saturated carbocycles. The number of ether oxygens (including phenoxy) is 1. The van der Waals surface area contributed by atoms with E-state index in [1.54, 1.807) is 19.2 Å². The molecule has 0 amide bonds. The summed E-state index contributed by atoms with van der Waals surface area (Å²) < 4.78 is 21.7. The summed E-state index contributed by atoms with van der Waals surface area (Å²) in [5.41, 5.74) is 5.05. The first-order valence-corrected chi connectivity index (χ1v) is 10.8. The highest BCUT2D eigenvalue weighted by molar-refractivity contribution is 5.86. The molecule has 0 N–H and O–H groups in total. The molecule has 0 unspecified atom stereocenters. The van der Waals surface area contributed by atoms with Gasteiger partial charge >= 0.3 is 0 Å². The Morgan fingerprint density at radius 3 is 2.77 bits per heavy atom. The van der Waals surface area contributed by atoms with Crippen LogP contribution in [0.4, 0.5) is 10.2 Å². The van der Waals surface area contributed by atoms with Gasteiger partial charge in [0.05, 0.1) is 6.61 Å². The lowest BCUT2D eigenvalue weighted by molar-refractivity contribution is 0.206. The Balaban J connectivity index is 1.51. The number of anilines is 1. The van der Waals surface area contributed by atoms with E-state index in [0.29, 0.717) is 12.5 Å². The molecule has 2 aromatic heterocycles. The lowest BCUT2D eigenvalue weighted by Gasteiger charge is -2.27. The summed E-state index contributed by atoms with van der Waals surface area (Å²) in [4.78, 5) is 9.29. The Kier molecular flexibility index (Phi) is 5.21. The van der Waals surface area contributed by atoms with Crippen molar-refractivity contribution < 1.29 is 9.13 Å². The van der Waals surface area contributed by atoms with Crippen LogP contribution in [-0.2, 0) is 17.8 Å². The zero-order chi connectivity index (χ0) is 20.7. The van der Waals surface area contributed by atoms with E-state index in [4.69, 9.17) is 4.74 Å². The van der Waals surface area contributed by atoms with E-state index in [1.807, 2.05) is 19.3 Å². The van der Waals surface area contributed by atoms with Crippen LogP contribution in [0.1, 0.15) is 35.6 Å². The minimum atomic E-state index is -0.154. The molecule has 158 valence electrons. The number of piperidine rings is 1. The van der Waals surface area contributed by atoms with Gasteiger partial charge in [0.1, 0.15) is 11.6 Å². The van der Waals surface area contributed by atoms with Crippen molar-refractivity contribution in [3.8, 4) is 0 Å². The monoisotopic (exact) mass is 408 g/mol. The standard InChI is InChI=1S/C24H29FN4O/c1-27(11-12-30-2)23-6-3-17(14-26-23)15-29-22-5-4-19(25)13-20(22)21-16-28-9-7-18(8-10-28)24(21)29/h3-6,13-14,18H,7-12,15-16H2,1-2H3. The normalized spacial score (nSPS) is 20.4. The number of likely N-dealkylation sites (N-methyl/N-ethyl adjacent to an activating group) is 1. The maximum Gasteiger partial charge on any atom is 0.128 e. The van der Waals surface area contributed by atoms with E-state index in [1.165, 1.54) is 29.7 Å². The number of aromatic nitrogens is 2. The molecule has 1 fully saturated rings. The van der Waals surface area contributed by atoms with Gasteiger partial charge in [-0.3, -0.25) is 4.90 Å².